The maximum atomic E-state index is 13.2. The number of hydrogen-bond donors (Lipinski definition) is 0. The van der Waals surface area contributed by atoms with Crippen LogP contribution in [0.2, 0.25) is 0 Å². The molecule has 22 heavy (non-hydrogen) atoms. The number of nitrogens with zero attached hydrogens (tertiary/aromatic N) is 4. The number of piperidine rings is 1. The maximum absolute atomic E-state index is 13.2. The van der Waals surface area contributed by atoms with Gasteiger partial charge in [0.15, 0.2) is 0 Å². The minimum atomic E-state index is -2.60. The van der Waals surface area contributed by atoms with Crippen LogP contribution < -0.4 is 0 Å². The lowest BCUT2D eigenvalue weighted by Crippen LogP contribution is -2.41. The summed E-state index contributed by atoms with van der Waals surface area (Å²) in [5.41, 5.74) is 0.703. The molecule has 1 aromatic rings. The standard InChI is InChI=1S/C16H20F2N4/c17-16(18)5-7-22(8-6-16)14(9-19)13-10-20-15(21-11-13)12-3-1-2-4-12/h10-12,14H,1-8H2. The number of alkyl halides is 2. The Hall–Kier alpha value is -1.61. The van der Waals surface area contributed by atoms with Crippen LogP contribution in [0, 0.1) is 11.3 Å². The van der Waals surface area contributed by atoms with Gasteiger partial charge in [-0.05, 0) is 12.8 Å². The topological polar surface area (TPSA) is 52.8 Å². The van der Waals surface area contributed by atoms with Crippen LogP contribution in [0.4, 0.5) is 8.78 Å². The second kappa shape index (κ2) is 6.25. The zero-order chi connectivity index (χ0) is 15.6. The van der Waals surface area contributed by atoms with Crippen LogP contribution in [0.15, 0.2) is 12.4 Å². The third-order valence-electron chi connectivity index (χ3n) is 4.74. The number of hydrogen-bond acceptors (Lipinski definition) is 4. The zero-order valence-corrected chi connectivity index (χ0v) is 12.5. The molecular weight excluding hydrogens is 286 g/mol. The van der Waals surface area contributed by atoms with Crippen molar-refractivity contribution in [3.8, 4) is 6.07 Å². The predicted octanol–water partition coefficient (Wildman–Crippen LogP) is 3.43. The average Bonchev–Trinajstić information content (AvgIpc) is 3.04. The Morgan fingerprint density at radius 2 is 1.77 bits per heavy atom. The Morgan fingerprint density at radius 1 is 1.18 bits per heavy atom. The van der Waals surface area contributed by atoms with Crippen LogP contribution in [0.25, 0.3) is 0 Å². The van der Waals surface area contributed by atoms with Gasteiger partial charge in [0.05, 0.1) is 6.07 Å². The van der Waals surface area contributed by atoms with Crippen molar-refractivity contribution in [3.05, 3.63) is 23.8 Å². The lowest BCUT2D eigenvalue weighted by molar-refractivity contribution is -0.0595. The minimum absolute atomic E-state index is 0.188. The molecule has 1 unspecified atom stereocenters. The summed E-state index contributed by atoms with van der Waals surface area (Å²) in [6, 6.07) is 1.67. The highest BCUT2D eigenvalue weighted by Crippen LogP contribution is 2.34. The van der Waals surface area contributed by atoms with E-state index in [1.54, 1.807) is 17.3 Å². The number of rotatable bonds is 3. The molecule has 118 valence electrons. The molecule has 1 saturated heterocycles. The molecule has 1 aromatic heterocycles. The van der Waals surface area contributed by atoms with Crippen molar-refractivity contribution in [2.75, 3.05) is 13.1 Å². The van der Waals surface area contributed by atoms with Gasteiger partial charge in [-0.15, -0.1) is 0 Å². The van der Waals surface area contributed by atoms with E-state index < -0.39 is 12.0 Å². The summed E-state index contributed by atoms with van der Waals surface area (Å²) in [6.07, 6.45) is 7.71. The minimum Gasteiger partial charge on any atom is -0.284 e. The van der Waals surface area contributed by atoms with Crippen molar-refractivity contribution >= 4 is 0 Å². The van der Waals surface area contributed by atoms with Crippen LogP contribution in [-0.2, 0) is 0 Å². The molecule has 6 heteroatoms. The second-order valence-corrected chi connectivity index (χ2v) is 6.28. The summed E-state index contributed by atoms with van der Waals surface area (Å²) >= 11 is 0. The average molecular weight is 306 g/mol. The largest absolute Gasteiger partial charge is 0.284 e. The molecule has 1 saturated carbocycles. The van der Waals surface area contributed by atoms with Gasteiger partial charge in [-0.2, -0.15) is 5.26 Å². The lowest BCUT2D eigenvalue weighted by atomic mass is 10.0. The smallest absolute Gasteiger partial charge is 0.250 e. The van der Waals surface area contributed by atoms with Gasteiger partial charge in [-0.25, -0.2) is 18.7 Å². The first-order valence-corrected chi connectivity index (χ1v) is 7.92. The summed E-state index contributed by atoms with van der Waals surface area (Å²) in [4.78, 5) is 10.6. The van der Waals surface area contributed by atoms with Crippen molar-refractivity contribution in [2.45, 2.75) is 56.4 Å². The highest BCUT2D eigenvalue weighted by Gasteiger charge is 2.36. The van der Waals surface area contributed by atoms with Crippen molar-refractivity contribution in [1.82, 2.24) is 14.9 Å². The molecule has 0 bridgehead atoms. The molecule has 1 aliphatic carbocycles. The quantitative estimate of drug-likeness (QED) is 0.858. The first-order valence-electron chi connectivity index (χ1n) is 7.92. The van der Waals surface area contributed by atoms with Crippen molar-refractivity contribution < 1.29 is 8.78 Å². The number of likely N-dealkylation sites (tertiary alicyclic amines) is 1. The molecule has 4 nitrogen and oxygen atoms in total. The Bertz CT molecular complexity index is 536. The Labute approximate surface area is 129 Å². The highest BCUT2D eigenvalue weighted by atomic mass is 19.3. The Balaban J connectivity index is 1.70. The molecule has 1 atom stereocenters. The normalized spacial score (nSPS) is 24.0. The number of aromatic nitrogens is 2. The first kappa shape index (κ1) is 15.3. The van der Waals surface area contributed by atoms with Crippen LogP contribution >= 0.6 is 0 Å². The van der Waals surface area contributed by atoms with E-state index in [4.69, 9.17) is 0 Å². The summed E-state index contributed by atoms with van der Waals surface area (Å²) in [7, 11) is 0. The SMILES string of the molecule is N#CC(c1cnc(C2CCCC2)nc1)N1CCC(F)(F)CC1. The lowest BCUT2D eigenvalue weighted by Gasteiger charge is -2.34. The number of halogens is 2. The molecule has 0 N–H and O–H groups in total. The van der Waals surface area contributed by atoms with Gasteiger partial charge in [-0.3, -0.25) is 4.90 Å². The van der Waals surface area contributed by atoms with Crippen molar-refractivity contribution in [3.63, 3.8) is 0 Å². The van der Waals surface area contributed by atoms with E-state index >= 15 is 0 Å². The fourth-order valence-corrected chi connectivity index (χ4v) is 3.36. The first-order chi connectivity index (χ1) is 10.6. The van der Waals surface area contributed by atoms with Gasteiger partial charge >= 0.3 is 0 Å². The molecule has 2 heterocycles. The van der Waals surface area contributed by atoms with E-state index in [1.807, 2.05) is 0 Å². The molecule has 0 spiro atoms. The van der Waals surface area contributed by atoms with Crippen molar-refractivity contribution in [2.24, 2.45) is 0 Å². The molecule has 0 radical (unpaired) electrons. The van der Waals surface area contributed by atoms with Gasteiger partial charge in [0.2, 0.25) is 0 Å². The van der Waals surface area contributed by atoms with E-state index in [0.717, 1.165) is 18.7 Å². The van der Waals surface area contributed by atoms with E-state index in [1.165, 1.54) is 12.8 Å². The highest BCUT2D eigenvalue weighted by molar-refractivity contribution is 5.19. The molecule has 0 amide bonds. The Kier molecular flexibility index (Phi) is 4.34. The van der Waals surface area contributed by atoms with E-state index in [0.29, 0.717) is 11.5 Å². The fourth-order valence-electron chi connectivity index (χ4n) is 3.36. The summed E-state index contributed by atoms with van der Waals surface area (Å²) in [5.74, 6) is -1.31. The zero-order valence-electron chi connectivity index (χ0n) is 12.5. The van der Waals surface area contributed by atoms with Gasteiger partial charge in [-0.1, -0.05) is 12.8 Å². The summed E-state index contributed by atoms with van der Waals surface area (Å²) < 4.78 is 26.5. The maximum Gasteiger partial charge on any atom is 0.250 e. The monoisotopic (exact) mass is 306 g/mol. The third kappa shape index (κ3) is 3.25. The van der Waals surface area contributed by atoms with Crippen molar-refractivity contribution in [1.29, 1.82) is 5.26 Å². The van der Waals surface area contributed by atoms with E-state index in [9.17, 15) is 14.0 Å². The second-order valence-electron chi connectivity index (χ2n) is 6.28. The predicted molar refractivity (Wildman–Crippen MR) is 77.3 cm³/mol. The third-order valence-corrected chi connectivity index (χ3v) is 4.74. The van der Waals surface area contributed by atoms with Crippen LogP contribution in [-0.4, -0.2) is 33.9 Å². The van der Waals surface area contributed by atoms with Crippen LogP contribution in [0.1, 0.15) is 61.9 Å². The van der Waals surface area contributed by atoms with Gasteiger partial charge < -0.3 is 0 Å². The van der Waals surface area contributed by atoms with Gasteiger partial charge in [0, 0.05) is 49.8 Å². The van der Waals surface area contributed by atoms with Crippen LogP contribution in [0.5, 0.6) is 0 Å². The van der Waals surface area contributed by atoms with Gasteiger partial charge in [0.25, 0.3) is 5.92 Å². The van der Waals surface area contributed by atoms with E-state index in [-0.39, 0.29) is 25.9 Å². The fraction of sp³-hybridized carbons (Fsp3) is 0.688. The molecule has 1 aliphatic heterocycles. The molecular formula is C16H20F2N4. The van der Waals surface area contributed by atoms with Gasteiger partial charge in [0.1, 0.15) is 11.9 Å². The molecule has 2 aliphatic rings. The molecule has 2 fully saturated rings. The molecule has 3 rings (SSSR count). The number of nitriles is 1. The van der Waals surface area contributed by atoms with Crippen LogP contribution in [0.3, 0.4) is 0 Å². The summed E-state index contributed by atoms with van der Waals surface area (Å²) in [6.45, 7) is 0.463. The molecule has 0 aromatic carbocycles. The summed E-state index contributed by atoms with van der Waals surface area (Å²) in [5, 5.41) is 9.41. The Morgan fingerprint density at radius 3 is 2.32 bits per heavy atom. The van der Waals surface area contributed by atoms with E-state index in [2.05, 4.69) is 16.0 Å².